The molecular weight excluding hydrogens is 365 g/mol. The number of hydrogen-bond donors (Lipinski definition) is 0. The summed E-state index contributed by atoms with van der Waals surface area (Å²) in [6.45, 7) is 1.66. The van der Waals surface area contributed by atoms with Crippen LogP contribution >= 0.6 is 0 Å². The van der Waals surface area contributed by atoms with Crippen molar-refractivity contribution in [2.75, 3.05) is 13.1 Å². The van der Waals surface area contributed by atoms with Gasteiger partial charge in [0, 0.05) is 19.0 Å². The average molecular weight is 394 g/mol. The molecule has 0 radical (unpaired) electrons. The summed E-state index contributed by atoms with van der Waals surface area (Å²) < 4.78 is 13.3. The first kappa shape index (κ1) is 19.8. The van der Waals surface area contributed by atoms with Crippen LogP contribution in [-0.4, -0.2) is 40.7 Å². The van der Waals surface area contributed by atoms with E-state index in [2.05, 4.69) is 10.0 Å². The number of carbonyl (C=O) groups excluding carboxylic acids is 1. The SMILES string of the molecule is O=C(CN(Cc1ccc(F)cc1)C1CCCCC1)N1CCC(c2ccccc2)=N1. The fraction of sp³-hybridized carbons (Fsp3) is 0.417. The fourth-order valence-corrected chi connectivity index (χ4v) is 4.31. The van der Waals surface area contributed by atoms with Gasteiger partial charge in [0.25, 0.3) is 5.91 Å². The molecule has 0 spiro atoms. The highest BCUT2D eigenvalue weighted by atomic mass is 19.1. The standard InChI is InChI=1S/C24H28FN3O/c25-21-13-11-19(12-14-21)17-27(22-9-5-2-6-10-22)18-24(29)28-16-15-23(26-28)20-7-3-1-4-8-20/h1,3-4,7-8,11-14,22H,2,5-6,9-10,15-18H2. The summed E-state index contributed by atoms with van der Waals surface area (Å²) in [5.74, 6) is -0.183. The van der Waals surface area contributed by atoms with Crippen LogP contribution in [0.2, 0.25) is 0 Å². The highest BCUT2D eigenvalue weighted by molar-refractivity contribution is 6.02. The van der Waals surface area contributed by atoms with Gasteiger partial charge in [0.2, 0.25) is 0 Å². The fourth-order valence-electron chi connectivity index (χ4n) is 4.31. The Hall–Kier alpha value is -2.53. The van der Waals surface area contributed by atoms with Crippen LogP contribution in [0.1, 0.15) is 49.7 Å². The van der Waals surface area contributed by atoms with E-state index < -0.39 is 0 Å². The highest BCUT2D eigenvalue weighted by Crippen LogP contribution is 2.25. The topological polar surface area (TPSA) is 35.9 Å². The van der Waals surface area contributed by atoms with Crippen molar-refractivity contribution >= 4 is 11.6 Å². The second kappa shape index (κ2) is 9.31. The number of nitrogens with zero attached hydrogens (tertiary/aromatic N) is 3. The lowest BCUT2D eigenvalue weighted by Gasteiger charge is -2.34. The predicted molar refractivity (Wildman–Crippen MR) is 113 cm³/mol. The van der Waals surface area contributed by atoms with Gasteiger partial charge in [-0.3, -0.25) is 9.69 Å². The molecule has 1 amide bonds. The Morgan fingerprint density at radius 2 is 1.76 bits per heavy atom. The van der Waals surface area contributed by atoms with Crippen LogP contribution in [0.3, 0.4) is 0 Å². The summed E-state index contributed by atoms with van der Waals surface area (Å²) >= 11 is 0. The minimum Gasteiger partial charge on any atom is -0.287 e. The molecule has 5 heteroatoms. The summed E-state index contributed by atoms with van der Waals surface area (Å²) in [7, 11) is 0. The van der Waals surface area contributed by atoms with Gasteiger partial charge < -0.3 is 0 Å². The molecule has 2 aliphatic rings. The van der Waals surface area contributed by atoms with Crippen LogP contribution in [0.5, 0.6) is 0 Å². The lowest BCUT2D eigenvalue weighted by atomic mass is 9.93. The zero-order chi connectivity index (χ0) is 20.1. The molecule has 0 bridgehead atoms. The second-order valence-corrected chi connectivity index (χ2v) is 8.00. The van der Waals surface area contributed by atoms with Crippen molar-refractivity contribution < 1.29 is 9.18 Å². The molecule has 1 heterocycles. The third-order valence-electron chi connectivity index (χ3n) is 5.93. The first-order valence-corrected chi connectivity index (χ1v) is 10.6. The summed E-state index contributed by atoms with van der Waals surface area (Å²) in [4.78, 5) is 15.3. The van der Waals surface area contributed by atoms with E-state index in [0.717, 1.165) is 36.1 Å². The number of hydrazone groups is 1. The number of rotatable bonds is 6. The lowest BCUT2D eigenvalue weighted by Crippen LogP contribution is -2.43. The predicted octanol–water partition coefficient (Wildman–Crippen LogP) is 4.60. The molecule has 1 saturated carbocycles. The van der Waals surface area contributed by atoms with Crippen LogP contribution in [0.15, 0.2) is 59.7 Å². The van der Waals surface area contributed by atoms with Crippen LogP contribution < -0.4 is 0 Å². The molecule has 1 fully saturated rings. The molecule has 0 aromatic heterocycles. The van der Waals surface area contributed by atoms with Crippen molar-refractivity contribution in [3.05, 3.63) is 71.5 Å². The van der Waals surface area contributed by atoms with Gasteiger partial charge in [-0.1, -0.05) is 61.7 Å². The third kappa shape index (κ3) is 5.10. The van der Waals surface area contributed by atoms with Gasteiger partial charge in [-0.05, 0) is 36.1 Å². The summed E-state index contributed by atoms with van der Waals surface area (Å²) in [5, 5.41) is 6.23. The first-order chi connectivity index (χ1) is 14.2. The molecule has 1 aliphatic carbocycles. The molecule has 0 N–H and O–H groups in total. The van der Waals surface area contributed by atoms with Gasteiger partial charge in [-0.25, -0.2) is 9.40 Å². The maximum Gasteiger partial charge on any atom is 0.256 e. The van der Waals surface area contributed by atoms with E-state index in [4.69, 9.17) is 0 Å². The number of halogens is 1. The Bertz CT molecular complexity index is 844. The maximum absolute atomic E-state index is 13.3. The molecule has 0 saturated heterocycles. The first-order valence-electron chi connectivity index (χ1n) is 10.6. The number of amides is 1. The molecule has 29 heavy (non-hydrogen) atoms. The second-order valence-electron chi connectivity index (χ2n) is 8.00. The van der Waals surface area contributed by atoms with E-state index >= 15 is 0 Å². The zero-order valence-corrected chi connectivity index (χ0v) is 16.8. The van der Waals surface area contributed by atoms with Gasteiger partial charge in [-0.2, -0.15) is 5.10 Å². The molecule has 4 rings (SSSR count). The quantitative estimate of drug-likeness (QED) is 0.719. The van der Waals surface area contributed by atoms with E-state index in [1.54, 1.807) is 5.01 Å². The minimum atomic E-state index is -0.228. The number of carbonyl (C=O) groups is 1. The molecule has 1 aliphatic heterocycles. The van der Waals surface area contributed by atoms with E-state index in [1.807, 2.05) is 42.5 Å². The Morgan fingerprint density at radius 1 is 1.03 bits per heavy atom. The molecule has 0 atom stereocenters. The van der Waals surface area contributed by atoms with Crippen molar-refractivity contribution in [2.45, 2.75) is 51.1 Å². The van der Waals surface area contributed by atoms with Gasteiger partial charge in [0.1, 0.15) is 5.82 Å². The molecule has 2 aromatic carbocycles. The Kier molecular flexibility index (Phi) is 6.35. The zero-order valence-electron chi connectivity index (χ0n) is 16.8. The van der Waals surface area contributed by atoms with Crippen LogP contribution in [0.25, 0.3) is 0 Å². The summed E-state index contributed by atoms with van der Waals surface area (Å²) in [5.41, 5.74) is 3.10. The third-order valence-corrected chi connectivity index (χ3v) is 5.93. The van der Waals surface area contributed by atoms with Crippen molar-refractivity contribution in [1.29, 1.82) is 0 Å². The van der Waals surface area contributed by atoms with Gasteiger partial charge in [0.15, 0.2) is 0 Å². The van der Waals surface area contributed by atoms with Gasteiger partial charge in [0.05, 0.1) is 18.8 Å². The van der Waals surface area contributed by atoms with Crippen LogP contribution in [0.4, 0.5) is 4.39 Å². The lowest BCUT2D eigenvalue weighted by molar-refractivity contribution is -0.132. The molecule has 4 nitrogen and oxygen atoms in total. The molecule has 2 aromatic rings. The van der Waals surface area contributed by atoms with Gasteiger partial charge in [-0.15, -0.1) is 0 Å². The van der Waals surface area contributed by atoms with Crippen LogP contribution in [0, 0.1) is 5.82 Å². The molecular formula is C24H28FN3O. The van der Waals surface area contributed by atoms with Crippen LogP contribution in [-0.2, 0) is 11.3 Å². The largest absolute Gasteiger partial charge is 0.287 e. The Labute approximate surface area is 172 Å². The van der Waals surface area contributed by atoms with E-state index in [0.29, 0.717) is 25.7 Å². The number of benzene rings is 2. The van der Waals surface area contributed by atoms with E-state index in [9.17, 15) is 9.18 Å². The summed E-state index contributed by atoms with van der Waals surface area (Å²) in [6.07, 6.45) is 6.71. The average Bonchev–Trinajstić information content (AvgIpc) is 3.26. The smallest absolute Gasteiger partial charge is 0.256 e. The van der Waals surface area contributed by atoms with Crippen molar-refractivity contribution in [3.63, 3.8) is 0 Å². The highest BCUT2D eigenvalue weighted by Gasteiger charge is 2.27. The van der Waals surface area contributed by atoms with Gasteiger partial charge >= 0.3 is 0 Å². The van der Waals surface area contributed by atoms with Crippen molar-refractivity contribution in [2.24, 2.45) is 5.10 Å². The monoisotopic (exact) mass is 393 g/mol. The Morgan fingerprint density at radius 3 is 2.48 bits per heavy atom. The minimum absolute atomic E-state index is 0.0450. The van der Waals surface area contributed by atoms with Crippen molar-refractivity contribution in [1.82, 2.24) is 9.91 Å². The Balaban J connectivity index is 1.45. The normalized spacial score (nSPS) is 17.6. The maximum atomic E-state index is 13.3. The number of hydrogen-bond acceptors (Lipinski definition) is 3. The van der Waals surface area contributed by atoms with E-state index in [-0.39, 0.29) is 11.7 Å². The van der Waals surface area contributed by atoms with E-state index in [1.165, 1.54) is 31.4 Å². The summed E-state index contributed by atoms with van der Waals surface area (Å²) in [6, 6.07) is 17.1. The molecule has 152 valence electrons. The molecule has 0 unspecified atom stereocenters. The van der Waals surface area contributed by atoms with Crippen molar-refractivity contribution in [3.8, 4) is 0 Å².